The van der Waals surface area contributed by atoms with Crippen LogP contribution in [-0.4, -0.2) is 21.4 Å². The van der Waals surface area contributed by atoms with Crippen LogP contribution in [-0.2, 0) is 6.54 Å². The first kappa shape index (κ1) is 19.1. The number of hydrogen-bond acceptors (Lipinski definition) is 5. The Morgan fingerprint density at radius 2 is 2.00 bits per heavy atom. The van der Waals surface area contributed by atoms with E-state index in [9.17, 15) is 0 Å². The van der Waals surface area contributed by atoms with Crippen molar-refractivity contribution in [1.82, 2.24) is 15.5 Å². The normalized spacial score (nSPS) is 10.7. The van der Waals surface area contributed by atoms with Gasteiger partial charge in [0.1, 0.15) is 5.75 Å². The molecular weight excluding hydrogens is 384 g/mol. The smallest absolute Gasteiger partial charge is 0.246 e. The summed E-state index contributed by atoms with van der Waals surface area (Å²) >= 11 is 11.3. The second-order valence-corrected chi connectivity index (χ2v) is 6.87. The summed E-state index contributed by atoms with van der Waals surface area (Å²) in [6.45, 7) is 4.29. The molecule has 0 saturated heterocycles. The maximum Gasteiger partial charge on any atom is 0.246 e. The average Bonchev–Trinajstić information content (AvgIpc) is 3.10. The Balaban J connectivity index is 1.52. The van der Waals surface area contributed by atoms with Crippen molar-refractivity contribution >= 4 is 34.6 Å². The molecule has 0 bridgehead atoms. The SMILES string of the molecule is CC(C)Oc1ccc(NC(=S)NCc2nc(-c3cccc(Cl)c3)no2)cc1. The Bertz CT molecular complexity index is 912. The minimum Gasteiger partial charge on any atom is -0.491 e. The highest BCUT2D eigenvalue weighted by Gasteiger charge is 2.09. The molecule has 2 N–H and O–H groups in total. The summed E-state index contributed by atoms with van der Waals surface area (Å²) < 4.78 is 10.9. The number of halogens is 1. The molecule has 1 aromatic heterocycles. The highest BCUT2D eigenvalue weighted by Crippen LogP contribution is 2.20. The van der Waals surface area contributed by atoms with Crippen LogP contribution in [0.1, 0.15) is 19.7 Å². The van der Waals surface area contributed by atoms with E-state index in [1.54, 1.807) is 12.1 Å². The van der Waals surface area contributed by atoms with Crippen molar-refractivity contribution in [1.29, 1.82) is 0 Å². The minimum atomic E-state index is 0.137. The molecule has 1 heterocycles. The molecule has 0 amide bonds. The monoisotopic (exact) mass is 402 g/mol. The van der Waals surface area contributed by atoms with E-state index in [2.05, 4.69) is 20.8 Å². The zero-order valence-electron chi connectivity index (χ0n) is 14.9. The maximum absolute atomic E-state index is 5.98. The quantitative estimate of drug-likeness (QED) is 0.580. The predicted octanol–water partition coefficient (Wildman–Crippen LogP) is 4.66. The van der Waals surface area contributed by atoms with Gasteiger partial charge in [0.2, 0.25) is 11.7 Å². The van der Waals surface area contributed by atoms with Crippen LogP contribution >= 0.6 is 23.8 Å². The van der Waals surface area contributed by atoms with Gasteiger partial charge in [-0.1, -0.05) is 28.9 Å². The van der Waals surface area contributed by atoms with Crippen LogP contribution in [0.4, 0.5) is 5.69 Å². The minimum absolute atomic E-state index is 0.137. The predicted molar refractivity (Wildman–Crippen MR) is 110 cm³/mol. The lowest BCUT2D eigenvalue weighted by Crippen LogP contribution is -2.28. The Labute approximate surface area is 167 Å². The number of ether oxygens (including phenoxy) is 1. The summed E-state index contributed by atoms with van der Waals surface area (Å²) in [7, 11) is 0. The number of thiocarbonyl (C=S) groups is 1. The summed E-state index contributed by atoms with van der Waals surface area (Å²) in [5.74, 6) is 1.72. The summed E-state index contributed by atoms with van der Waals surface area (Å²) in [6.07, 6.45) is 0.137. The second-order valence-electron chi connectivity index (χ2n) is 6.02. The Morgan fingerprint density at radius 3 is 2.70 bits per heavy atom. The third-order valence-corrected chi connectivity index (χ3v) is 3.92. The molecule has 2 aromatic carbocycles. The van der Waals surface area contributed by atoms with Crippen molar-refractivity contribution < 1.29 is 9.26 Å². The van der Waals surface area contributed by atoms with Gasteiger partial charge >= 0.3 is 0 Å². The number of benzene rings is 2. The highest BCUT2D eigenvalue weighted by molar-refractivity contribution is 7.80. The molecular formula is C19H19ClN4O2S. The molecule has 0 aliphatic carbocycles. The lowest BCUT2D eigenvalue weighted by molar-refractivity contribution is 0.242. The van der Waals surface area contributed by atoms with Crippen LogP contribution in [0.25, 0.3) is 11.4 Å². The third-order valence-electron chi connectivity index (χ3n) is 3.44. The molecule has 3 rings (SSSR count). The Kier molecular flexibility index (Phi) is 6.26. The molecule has 0 saturated carbocycles. The van der Waals surface area contributed by atoms with Crippen LogP contribution in [0.5, 0.6) is 5.75 Å². The topological polar surface area (TPSA) is 72.2 Å². The first-order chi connectivity index (χ1) is 13.0. The van der Waals surface area contributed by atoms with Gasteiger partial charge in [-0.15, -0.1) is 0 Å². The number of aromatic nitrogens is 2. The molecule has 0 atom stereocenters. The van der Waals surface area contributed by atoms with Crippen molar-refractivity contribution in [3.05, 3.63) is 59.4 Å². The van der Waals surface area contributed by atoms with E-state index in [1.165, 1.54) is 0 Å². The van der Waals surface area contributed by atoms with Gasteiger partial charge in [-0.25, -0.2) is 0 Å². The van der Waals surface area contributed by atoms with Gasteiger partial charge in [0.05, 0.1) is 12.6 Å². The van der Waals surface area contributed by atoms with Crippen LogP contribution < -0.4 is 15.4 Å². The van der Waals surface area contributed by atoms with Gasteiger partial charge in [0.25, 0.3) is 0 Å². The van der Waals surface area contributed by atoms with Gasteiger partial charge in [-0.05, 0) is 62.5 Å². The van der Waals surface area contributed by atoms with Crippen molar-refractivity contribution in [3.8, 4) is 17.1 Å². The standard InChI is InChI=1S/C19H19ClN4O2S/c1-12(2)25-16-8-6-15(7-9-16)22-19(27)21-11-17-23-18(24-26-17)13-4-3-5-14(20)10-13/h3-10,12H,11H2,1-2H3,(H2,21,22,27). The van der Waals surface area contributed by atoms with Crippen molar-refractivity contribution in [2.24, 2.45) is 0 Å². The highest BCUT2D eigenvalue weighted by atomic mass is 35.5. The van der Waals surface area contributed by atoms with Crippen molar-refractivity contribution in [2.75, 3.05) is 5.32 Å². The molecule has 8 heteroatoms. The van der Waals surface area contributed by atoms with E-state index in [1.807, 2.05) is 50.2 Å². The molecule has 140 valence electrons. The van der Waals surface area contributed by atoms with E-state index in [0.29, 0.717) is 28.4 Å². The van der Waals surface area contributed by atoms with E-state index in [0.717, 1.165) is 17.0 Å². The van der Waals surface area contributed by atoms with Gasteiger partial charge < -0.3 is 19.9 Å². The fraction of sp³-hybridized carbons (Fsp3) is 0.211. The van der Waals surface area contributed by atoms with E-state index >= 15 is 0 Å². The fourth-order valence-corrected chi connectivity index (χ4v) is 2.67. The molecule has 0 aliphatic heterocycles. The largest absolute Gasteiger partial charge is 0.491 e. The third kappa shape index (κ3) is 5.67. The van der Waals surface area contributed by atoms with Crippen molar-refractivity contribution in [3.63, 3.8) is 0 Å². The molecule has 0 unspecified atom stereocenters. The van der Waals surface area contributed by atoms with Gasteiger partial charge in [0, 0.05) is 16.3 Å². The molecule has 3 aromatic rings. The van der Waals surface area contributed by atoms with E-state index in [-0.39, 0.29) is 6.10 Å². The molecule has 6 nitrogen and oxygen atoms in total. The Hall–Kier alpha value is -2.64. The first-order valence-electron chi connectivity index (χ1n) is 8.39. The molecule has 0 aliphatic rings. The zero-order valence-corrected chi connectivity index (χ0v) is 16.5. The average molecular weight is 403 g/mol. The fourth-order valence-electron chi connectivity index (χ4n) is 2.29. The van der Waals surface area contributed by atoms with Crippen LogP contribution in [0.3, 0.4) is 0 Å². The van der Waals surface area contributed by atoms with Gasteiger partial charge in [-0.3, -0.25) is 0 Å². The molecule has 27 heavy (non-hydrogen) atoms. The molecule has 0 spiro atoms. The number of hydrogen-bond donors (Lipinski definition) is 2. The maximum atomic E-state index is 5.98. The molecule has 0 radical (unpaired) electrons. The first-order valence-corrected chi connectivity index (χ1v) is 9.18. The van der Waals surface area contributed by atoms with Crippen molar-refractivity contribution in [2.45, 2.75) is 26.5 Å². The second kappa shape index (κ2) is 8.83. The number of rotatable bonds is 6. The van der Waals surface area contributed by atoms with Gasteiger partial charge in [0.15, 0.2) is 5.11 Å². The zero-order chi connectivity index (χ0) is 19.2. The molecule has 0 fully saturated rings. The number of nitrogens with one attached hydrogen (secondary N) is 2. The van der Waals surface area contributed by atoms with E-state index < -0.39 is 0 Å². The number of anilines is 1. The van der Waals surface area contributed by atoms with E-state index in [4.69, 9.17) is 33.1 Å². The Morgan fingerprint density at radius 1 is 1.22 bits per heavy atom. The lowest BCUT2D eigenvalue weighted by Gasteiger charge is -2.12. The summed E-state index contributed by atoms with van der Waals surface area (Å²) in [5.41, 5.74) is 1.65. The summed E-state index contributed by atoms with van der Waals surface area (Å²) in [4.78, 5) is 4.34. The van der Waals surface area contributed by atoms with Crippen LogP contribution in [0, 0.1) is 0 Å². The van der Waals surface area contributed by atoms with Crippen LogP contribution in [0.2, 0.25) is 5.02 Å². The van der Waals surface area contributed by atoms with Gasteiger partial charge in [-0.2, -0.15) is 4.98 Å². The van der Waals surface area contributed by atoms with Crippen LogP contribution in [0.15, 0.2) is 53.1 Å². The summed E-state index contributed by atoms with van der Waals surface area (Å²) in [5, 5.41) is 11.2. The number of nitrogens with zero attached hydrogens (tertiary/aromatic N) is 2. The summed E-state index contributed by atoms with van der Waals surface area (Å²) in [6, 6.07) is 14.8. The lowest BCUT2D eigenvalue weighted by atomic mass is 10.2.